The first-order valence-electron chi connectivity index (χ1n) is 7.54. The molecule has 0 radical (unpaired) electrons. The normalized spacial score (nSPS) is 31.6. The minimum absolute atomic E-state index is 0.447. The van der Waals surface area contributed by atoms with Gasteiger partial charge in [0.15, 0.2) is 6.29 Å². The van der Waals surface area contributed by atoms with Gasteiger partial charge in [-0.25, -0.2) is 0 Å². The summed E-state index contributed by atoms with van der Waals surface area (Å²) in [5.41, 5.74) is 0. The van der Waals surface area contributed by atoms with Crippen LogP contribution < -0.4 is 0 Å². The highest BCUT2D eigenvalue weighted by atomic mass is 16.7. The van der Waals surface area contributed by atoms with Crippen molar-refractivity contribution in [3.63, 3.8) is 0 Å². The molecule has 6 heteroatoms. The van der Waals surface area contributed by atoms with Crippen molar-refractivity contribution in [3.05, 3.63) is 0 Å². The second-order valence-corrected chi connectivity index (χ2v) is 5.34. The summed E-state index contributed by atoms with van der Waals surface area (Å²) >= 11 is 0. The van der Waals surface area contributed by atoms with Crippen LogP contribution >= 0.6 is 0 Å². The Bertz CT molecular complexity index is 250. The van der Waals surface area contributed by atoms with Crippen LogP contribution in [0.3, 0.4) is 0 Å². The van der Waals surface area contributed by atoms with E-state index in [0.29, 0.717) is 6.61 Å². The number of rotatable bonds is 10. The van der Waals surface area contributed by atoms with Crippen LogP contribution in [0, 0.1) is 0 Å². The predicted octanol–water partition coefficient (Wildman–Crippen LogP) is 0.163. The lowest BCUT2D eigenvalue weighted by Crippen LogP contribution is -2.40. The Morgan fingerprint density at radius 1 is 1.05 bits per heavy atom. The van der Waals surface area contributed by atoms with Crippen LogP contribution in [0.4, 0.5) is 0 Å². The Balaban J connectivity index is 2.17. The molecule has 1 saturated heterocycles. The largest absolute Gasteiger partial charge is 0.394 e. The lowest BCUT2D eigenvalue weighted by atomic mass is 10.1. The van der Waals surface area contributed by atoms with Crippen molar-refractivity contribution in [1.82, 2.24) is 0 Å². The van der Waals surface area contributed by atoms with Crippen LogP contribution in [0.15, 0.2) is 0 Å². The highest BCUT2D eigenvalue weighted by Crippen LogP contribution is 2.24. The maximum absolute atomic E-state index is 9.75. The molecular formula is C14H28O6. The Morgan fingerprint density at radius 2 is 1.70 bits per heavy atom. The second kappa shape index (κ2) is 9.65. The number of hydrogen-bond acceptors (Lipinski definition) is 6. The number of aliphatic hydroxyl groups excluding tert-OH is 4. The van der Waals surface area contributed by atoms with Gasteiger partial charge in [-0.15, -0.1) is 0 Å². The monoisotopic (exact) mass is 292 g/mol. The van der Waals surface area contributed by atoms with E-state index in [4.69, 9.17) is 14.6 Å². The minimum Gasteiger partial charge on any atom is -0.394 e. The van der Waals surface area contributed by atoms with E-state index in [1.165, 1.54) is 25.7 Å². The van der Waals surface area contributed by atoms with Crippen LogP contribution in [0.1, 0.15) is 45.4 Å². The molecule has 0 aromatic heterocycles. The molecule has 1 heterocycles. The first kappa shape index (κ1) is 17.8. The Labute approximate surface area is 120 Å². The van der Waals surface area contributed by atoms with Crippen molar-refractivity contribution in [1.29, 1.82) is 0 Å². The van der Waals surface area contributed by atoms with Gasteiger partial charge in [0.25, 0.3) is 0 Å². The van der Waals surface area contributed by atoms with Gasteiger partial charge in [0.1, 0.15) is 24.4 Å². The summed E-state index contributed by atoms with van der Waals surface area (Å²) in [6, 6.07) is 0. The average molecular weight is 292 g/mol. The van der Waals surface area contributed by atoms with Crippen LogP contribution in [0.5, 0.6) is 0 Å². The van der Waals surface area contributed by atoms with Gasteiger partial charge in [-0.05, 0) is 6.42 Å². The number of hydrogen-bond donors (Lipinski definition) is 4. The summed E-state index contributed by atoms with van der Waals surface area (Å²) in [5, 5.41) is 37.7. The zero-order chi connectivity index (χ0) is 15.0. The topological polar surface area (TPSA) is 99.4 Å². The molecule has 1 rings (SSSR count). The quantitative estimate of drug-likeness (QED) is 0.428. The second-order valence-electron chi connectivity index (χ2n) is 5.34. The zero-order valence-corrected chi connectivity index (χ0v) is 12.1. The molecule has 0 amide bonds. The number of ether oxygens (including phenoxy) is 2. The van der Waals surface area contributed by atoms with Gasteiger partial charge < -0.3 is 29.9 Å². The third-order valence-electron chi connectivity index (χ3n) is 3.60. The van der Waals surface area contributed by atoms with E-state index in [1.807, 2.05) is 0 Å². The average Bonchev–Trinajstić information content (AvgIpc) is 2.74. The summed E-state index contributed by atoms with van der Waals surface area (Å²) in [5.74, 6) is 0. The van der Waals surface area contributed by atoms with Crippen molar-refractivity contribution in [2.24, 2.45) is 0 Å². The van der Waals surface area contributed by atoms with Gasteiger partial charge in [-0.2, -0.15) is 0 Å². The molecule has 1 fully saturated rings. The van der Waals surface area contributed by atoms with Gasteiger partial charge in [-0.3, -0.25) is 0 Å². The summed E-state index contributed by atoms with van der Waals surface area (Å²) in [4.78, 5) is 0. The molecule has 6 nitrogen and oxygen atoms in total. The Hall–Kier alpha value is -0.240. The molecular weight excluding hydrogens is 264 g/mol. The third kappa shape index (κ3) is 5.27. The molecule has 0 aromatic rings. The summed E-state index contributed by atoms with van der Waals surface area (Å²) in [6.45, 7) is 2.09. The van der Waals surface area contributed by atoms with Gasteiger partial charge in [0.2, 0.25) is 0 Å². The molecule has 0 unspecified atom stereocenters. The Morgan fingerprint density at radius 3 is 2.35 bits per heavy atom. The van der Waals surface area contributed by atoms with E-state index in [9.17, 15) is 15.3 Å². The molecule has 4 N–H and O–H groups in total. The van der Waals surface area contributed by atoms with Crippen LogP contribution in [0.2, 0.25) is 0 Å². The van der Waals surface area contributed by atoms with Crippen LogP contribution in [0.25, 0.3) is 0 Å². The fourth-order valence-corrected chi connectivity index (χ4v) is 2.31. The fraction of sp³-hybridized carbons (Fsp3) is 1.00. The maximum atomic E-state index is 9.75. The van der Waals surface area contributed by atoms with Crippen molar-refractivity contribution < 1.29 is 29.9 Å². The van der Waals surface area contributed by atoms with E-state index in [0.717, 1.165) is 12.8 Å². The lowest BCUT2D eigenvalue weighted by molar-refractivity contribution is -0.181. The summed E-state index contributed by atoms with van der Waals surface area (Å²) in [7, 11) is 0. The standard InChI is InChI=1S/C14H28O6/c1-2-3-4-5-6-7-8-19-14-12(18)11(17)13(20-14)10(16)9-15/h10-18H,2-9H2,1H3/t10-,11-,12+,13-,14-/m1/s1. The van der Waals surface area contributed by atoms with Gasteiger partial charge in [-0.1, -0.05) is 39.0 Å². The van der Waals surface area contributed by atoms with Crippen LogP contribution in [-0.2, 0) is 9.47 Å². The first-order valence-corrected chi connectivity index (χ1v) is 7.54. The third-order valence-corrected chi connectivity index (χ3v) is 3.60. The van der Waals surface area contributed by atoms with E-state index < -0.39 is 37.3 Å². The van der Waals surface area contributed by atoms with E-state index in [2.05, 4.69) is 6.92 Å². The number of unbranched alkanes of at least 4 members (excludes halogenated alkanes) is 5. The van der Waals surface area contributed by atoms with E-state index in [1.54, 1.807) is 0 Å². The van der Waals surface area contributed by atoms with E-state index >= 15 is 0 Å². The molecule has 0 spiro atoms. The molecule has 20 heavy (non-hydrogen) atoms. The minimum atomic E-state index is -1.24. The predicted molar refractivity (Wildman–Crippen MR) is 73.1 cm³/mol. The molecule has 0 saturated carbocycles. The fourth-order valence-electron chi connectivity index (χ4n) is 2.31. The zero-order valence-electron chi connectivity index (χ0n) is 12.1. The van der Waals surface area contributed by atoms with Crippen molar-refractivity contribution in [2.75, 3.05) is 13.2 Å². The molecule has 0 aromatic carbocycles. The molecule has 0 bridgehead atoms. The highest BCUT2D eigenvalue weighted by Gasteiger charge is 2.46. The molecule has 1 aliphatic heterocycles. The summed E-state index contributed by atoms with van der Waals surface area (Å²) < 4.78 is 10.6. The Kier molecular flexibility index (Phi) is 8.60. The molecule has 120 valence electrons. The number of aliphatic hydroxyl groups is 4. The van der Waals surface area contributed by atoms with E-state index in [-0.39, 0.29) is 0 Å². The molecule has 0 aliphatic carbocycles. The van der Waals surface area contributed by atoms with Gasteiger partial charge in [0, 0.05) is 6.61 Å². The van der Waals surface area contributed by atoms with Crippen molar-refractivity contribution in [2.45, 2.75) is 76.2 Å². The lowest BCUT2D eigenvalue weighted by Gasteiger charge is -2.18. The SMILES string of the molecule is CCCCCCCCO[C@@H]1O[C@H]([C@H](O)CO)[C@H](O)[C@@H]1O. The van der Waals surface area contributed by atoms with Crippen molar-refractivity contribution in [3.8, 4) is 0 Å². The summed E-state index contributed by atoms with van der Waals surface area (Å²) in [6.07, 6.45) is 1.19. The van der Waals surface area contributed by atoms with Gasteiger partial charge >= 0.3 is 0 Å². The molecule has 1 aliphatic rings. The first-order chi connectivity index (χ1) is 9.61. The van der Waals surface area contributed by atoms with Crippen molar-refractivity contribution >= 4 is 0 Å². The van der Waals surface area contributed by atoms with Crippen LogP contribution in [-0.4, -0.2) is 64.3 Å². The molecule has 5 atom stereocenters. The highest BCUT2D eigenvalue weighted by molar-refractivity contribution is 4.90. The smallest absolute Gasteiger partial charge is 0.186 e. The van der Waals surface area contributed by atoms with Gasteiger partial charge in [0.05, 0.1) is 6.61 Å². The maximum Gasteiger partial charge on any atom is 0.186 e.